The molecule has 0 fully saturated rings. The molecule has 3 aromatic heterocycles. The number of nitrogens with zero attached hydrogens (tertiary/aromatic N) is 5. The number of fused-ring (bicyclic) bond motifs is 2. The molecule has 0 radical (unpaired) electrons. The largest absolute Gasteiger partial charge is 0.310 e. The van der Waals surface area contributed by atoms with E-state index in [1.807, 2.05) is 23.1 Å². The van der Waals surface area contributed by atoms with E-state index in [-0.39, 0.29) is 5.82 Å². The average Bonchev–Trinajstić information content (AvgIpc) is 3.12. The van der Waals surface area contributed by atoms with Crippen molar-refractivity contribution >= 4 is 22.5 Å². The van der Waals surface area contributed by atoms with Gasteiger partial charge in [-0.1, -0.05) is 6.07 Å². The Bertz CT molecular complexity index is 1110. The fraction of sp³-hybridized carbons (Fsp3) is 0.100. The van der Waals surface area contributed by atoms with Gasteiger partial charge in [0.25, 0.3) is 0 Å². The van der Waals surface area contributed by atoms with Crippen LogP contribution in [0.15, 0.2) is 61.1 Å². The fourth-order valence-corrected chi connectivity index (χ4v) is 3.33. The van der Waals surface area contributed by atoms with E-state index in [4.69, 9.17) is 4.98 Å². The van der Waals surface area contributed by atoms with Crippen molar-refractivity contribution in [3.05, 3.63) is 72.4 Å². The Labute approximate surface area is 149 Å². The molecule has 0 spiro atoms. The van der Waals surface area contributed by atoms with E-state index in [0.29, 0.717) is 22.5 Å². The molecule has 0 saturated carbocycles. The summed E-state index contributed by atoms with van der Waals surface area (Å²) in [7, 11) is 0. The molecule has 0 amide bonds. The van der Waals surface area contributed by atoms with E-state index >= 15 is 0 Å². The molecule has 0 unspecified atom stereocenters. The van der Waals surface area contributed by atoms with Crippen molar-refractivity contribution in [2.24, 2.45) is 0 Å². The van der Waals surface area contributed by atoms with Gasteiger partial charge in [-0.3, -0.25) is 4.98 Å². The van der Waals surface area contributed by atoms with Gasteiger partial charge in [-0.15, -0.1) is 0 Å². The lowest BCUT2D eigenvalue weighted by atomic mass is 10.2. The van der Waals surface area contributed by atoms with Crippen LogP contribution < -0.4 is 4.90 Å². The number of hydrogen-bond donors (Lipinski definition) is 0. The van der Waals surface area contributed by atoms with Gasteiger partial charge in [-0.05, 0) is 48.4 Å². The van der Waals surface area contributed by atoms with E-state index in [0.717, 1.165) is 24.3 Å². The van der Waals surface area contributed by atoms with Gasteiger partial charge in [0.2, 0.25) is 0 Å². The molecular formula is C20H14FN5. The van der Waals surface area contributed by atoms with Crippen LogP contribution in [0.25, 0.3) is 22.3 Å². The molecule has 5 nitrogen and oxygen atoms in total. The van der Waals surface area contributed by atoms with Crippen LogP contribution in [0.1, 0.15) is 5.56 Å². The Morgan fingerprint density at radius 2 is 1.88 bits per heavy atom. The van der Waals surface area contributed by atoms with Crippen molar-refractivity contribution in [1.29, 1.82) is 0 Å². The summed E-state index contributed by atoms with van der Waals surface area (Å²) in [5, 5.41) is 0.677. The first-order valence-electron chi connectivity index (χ1n) is 8.39. The molecular weight excluding hydrogens is 329 g/mol. The highest BCUT2D eigenvalue weighted by molar-refractivity contribution is 5.93. The van der Waals surface area contributed by atoms with Crippen LogP contribution in [0.4, 0.5) is 16.0 Å². The molecule has 1 aliphatic heterocycles. The van der Waals surface area contributed by atoms with Crippen molar-refractivity contribution in [3.8, 4) is 11.4 Å². The number of aromatic nitrogens is 4. The van der Waals surface area contributed by atoms with Crippen LogP contribution in [-0.4, -0.2) is 26.5 Å². The number of hydrogen-bond acceptors (Lipinski definition) is 5. The number of benzene rings is 1. The Hall–Kier alpha value is -3.41. The molecule has 4 heterocycles. The van der Waals surface area contributed by atoms with Gasteiger partial charge < -0.3 is 4.90 Å². The van der Waals surface area contributed by atoms with Gasteiger partial charge in [-0.25, -0.2) is 19.3 Å². The predicted octanol–water partition coefficient (Wildman–Crippen LogP) is 3.92. The minimum Gasteiger partial charge on any atom is -0.310 e. The second-order valence-electron chi connectivity index (χ2n) is 6.16. The summed E-state index contributed by atoms with van der Waals surface area (Å²) in [6.45, 7) is 0.751. The summed E-state index contributed by atoms with van der Waals surface area (Å²) >= 11 is 0. The minimum absolute atomic E-state index is 0.308. The summed E-state index contributed by atoms with van der Waals surface area (Å²) in [6.07, 6.45) is 6.08. The van der Waals surface area contributed by atoms with Gasteiger partial charge in [0.05, 0.1) is 5.52 Å². The standard InChI is InChI=1S/C20H14FN5/c21-15-5-6-17-16(11-15)20(25-18(24-17)14-4-1-8-22-12-14)26-10-7-13-3-2-9-23-19(13)26/h1-6,8-9,11-12H,7,10H2. The lowest BCUT2D eigenvalue weighted by molar-refractivity contribution is 0.629. The molecule has 0 saturated heterocycles. The van der Waals surface area contributed by atoms with E-state index in [1.165, 1.54) is 17.7 Å². The molecule has 0 aliphatic carbocycles. The van der Waals surface area contributed by atoms with Crippen molar-refractivity contribution < 1.29 is 4.39 Å². The molecule has 1 aliphatic rings. The SMILES string of the molecule is Fc1ccc2nc(-c3cccnc3)nc(N3CCc4cccnc43)c2c1. The van der Waals surface area contributed by atoms with Gasteiger partial charge in [0.15, 0.2) is 5.82 Å². The van der Waals surface area contributed by atoms with Crippen LogP contribution in [0.3, 0.4) is 0 Å². The van der Waals surface area contributed by atoms with Crippen molar-refractivity contribution in [1.82, 2.24) is 19.9 Å². The van der Waals surface area contributed by atoms with E-state index < -0.39 is 0 Å². The van der Waals surface area contributed by atoms with Crippen molar-refractivity contribution in [2.45, 2.75) is 6.42 Å². The number of rotatable bonds is 2. The molecule has 4 aromatic rings. The van der Waals surface area contributed by atoms with Gasteiger partial charge in [-0.2, -0.15) is 0 Å². The second-order valence-corrected chi connectivity index (χ2v) is 6.16. The summed E-state index contributed by atoms with van der Waals surface area (Å²) in [5.41, 5.74) is 2.68. The van der Waals surface area contributed by atoms with Crippen LogP contribution in [0, 0.1) is 5.82 Å². The maximum atomic E-state index is 13.9. The van der Waals surface area contributed by atoms with Crippen molar-refractivity contribution in [2.75, 3.05) is 11.4 Å². The Morgan fingerprint density at radius 3 is 2.77 bits per heavy atom. The third-order valence-electron chi connectivity index (χ3n) is 4.54. The molecule has 26 heavy (non-hydrogen) atoms. The van der Waals surface area contributed by atoms with Gasteiger partial charge in [0, 0.05) is 36.1 Å². The molecule has 1 aromatic carbocycles. The molecule has 5 rings (SSSR count). The maximum Gasteiger partial charge on any atom is 0.163 e. The smallest absolute Gasteiger partial charge is 0.163 e. The monoisotopic (exact) mass is 343 g/mol. The van der Waals surface area contributed by atoms with E-state index in [9.17, 15) is 4.39 Å². The topological polar surface area (TPSA) is 54.8 Å². The van der Waals surface area contributed by atoms with Gasteiger partial charge >= 0.3 is 0 Å². The average molecular weight is 343 g/mol. The first-order chi connectivity index (χ1) is 12.8. The zero-order valence-electron chi connectivity index (χ0n) is 13.8. The third-order valence-corrected chi connectivity index (χ3v) is 4.54. The highest BCUT2D eigenvalue weighted by atomic mass is 19.1. The van der Waals surface area contributed by atoms with Gasteiger partial charge in [0.1, 0.15) is 17.5 Å². The van der Waals surface area contributed by atoms with E-state index in [2.05, 4.69) is 21.0 Å². The zero-order valence-corrected chi connectivity index (χ0v) is 13.8. The maximum absolute atomic E-state index is 13.9. The summed E-state index contributed by atoms with van der Waals surface area (Å²) in [4.78, 5) is 20.1. The summed E-state index contributed by atoms with van der Waals surface area (Å²) in [5.74, 6) is 1.80. The Balaban J connectivity index is 1.77. The minimum atomic E-state index is -0.308. The lowest BCUT2D eigenvalue weighted by Gasteiger charge is -2.20. The first-order valence-corrected chi connectivity index (χ1v) is 8.39. The summed E-state index contributed by atoms with van der Waals surface area (Å²) in [6, 6.07) is 12.3. The highest BCUT2D eigenvalue weighted by Crippen LogP contribution is 2.36. The van der Waals surface area contributed by atoms with Crippen LogP contribution in [-0.2, 0) is 6.42 Å². The molecule has 126 valence electrons. The molecule has 0 atom stereocenters. The predicted molar refractivity (Wildman–Crippen MR) is 97.7 cm³/mol. The first kappa shape index (κ1) is 14.9. The normalized spacial score (nSPS) is 13.2. The number of anilines is 2. The van der Waals surface area contributed by atoms with Crippen LogP contribution in [0.5, 0.6) is 0 Å². The van der Waals surface area contributed by atoms with Crippen LogP contribution in [0.2, 0.25) is 0 Å². The number of halogens is 1. The summed E-state index contributed by atoms with van der Waals surface area (Å²) < 4.78 is 13.9. The van der Waals surface area contributed by atoms with E-state index in [1.54, 1.807) is 24.7 Å². The Kier molecular flexibility index (Phi) is 3.35. The molecule has 6 heteroatoms. The third kappa shape index (κ3) is 2.38. The van der Waals surface area contributed by atoms with Crippen molar-refractivity contribution in [3.63, 3.8) is 0 Å². The zero-order chi connectivity index (χ0) is 17.5. The number of pyridine rings is 2. The lowest BCUT2D eigenvalue weighted by Crippen LogP contribution is -2.17. The highest BCUT2D eigenvalue weighted by Gasteiger charge is 2.25. The Morgan fingerprint density at radius 1 is 0.962 bits per heavy atom. The molecule has 0 bridgehead atoms. The van der Waals surface area contributed by atoms with Crippen LogP contribution >= 0.6 is 0 Å². The quantitative estimate of drug-likeness (QED) is 0.552. The fourth-order valence-electron chi connectivity index (χ4n) is 3.33. The second kappa shape index (κ2) is 5.84. The molecule has 0 N–H and O–H groups in total.